The minimum atomic E-state index is -3.27. The maximum atomic E-state index is 11.6. The van der Waals surface area contributed by atoms with Crippen molar-refractivity contribution in [1.29, 1.82) is 0 Å². The molecule has 2 aromatic rings. The van der Waals surface area contributed by atoms with E-state index in [0.29, 0.717) is 11.6 Å². The summed E-state index contributed by atoms with van der Waals surface area (Å²) in [7, 11) is -3.27. The van der Waals surface area contributed by atoms with E-state index in [2.05, 4.69) is 66.0 Å². The number of anilines is 1. The van der Waals surface area contributed by atoms with Crippen LogP contribution >= 0.6 is 0 Å². The predicted octanol–water partition coefficient (Wildman–Crippen LogP) is 4.37. The molecule has 0 saturated carbocycles. The second-order valence-electron chi connectivity index (χ2n) is 8.10. The Bertz CT molecular complexity index is 925. The highest BCUT2D eigenvalue weighted by atomic mass is 32.2. The molecule has 2 atom stereocenters. The van der Waals surface area contributed by atoms with Crippen LogP contribution in [0.5, 0.6) is 0 Å². The third kappa shape index (κ3) is 5.24. The molecule has 1 fully saturated rings. The number of nitrogens with one attached hydrogen (secondary N) is 1. The molecule has 2 unspecified atom stereocenters. The summed E-state index contributed by atoms with van der Waals surface area (Å²) in [5.41, 5.74) is 3.11. The van der Waals surface area contributed by atoms with Crippen LogP contribution in [0.15, 0.2) is 60.7 Å². The fourth-order valence-corrected chi connectivity index (χ4v) is 4.52. The lowest BCUT2D eigenvalue weighted by Crippen LogP contribution is -2.47. The van der Waals surface area contributed by atoms with Crippen molar-refractivity contribution in [2.75, 3.05) is 30.6 Å². The Labute approximate surface area is 169 Å². The fraction of sp³-hybridized carbons (Fsp3) is 0.391. The molecule has 1 N–H and O–H groups in total. The van der Waals surface area contributed by atoms with E-state index in [4.69, 9.17) is 0 Å². The van der Waals surface area contributed by atoms with Crippen molar-refractivity contribution in [3.8, 4) is 0 Å². The number of hydrogen-bond acceptors (Lipinski definition) is 3. The smallest absolute Gasteiger partial charge is 0.229 e. The van der Waals surface area contributed by atoms with Crippen molar-refractivity contribution in [1.82, 2.24) is 4.90 Å². The van der Waals surface area contributed by atoms with Gasteiger partial charge in [0.15, 0.2) is 0 Å². The van der Waals surface area contributed by atoms with Crippen LogP contribution in [0.25, 0.3) is 6.08 Å². The molecule has 0 aromatic heterocycles. The number of sulfonamides is 1. The molecule has 2 aromatic carbocycles. The number of piperidine rings is 1. The lowest BCUT2D eigenvalue weighted by Gasteiger charge is -2.45. The molecule has 0 aliphatic carbocycles. The Balaban J connectivity index is 1.65. The monoisotopic (exact) mass is 398 g/mol. The van der Waals surface area contributed by atoms with E-state index in [1.165, 1.54) is 17.4 Å². The van der Waals surface area contributed by atoms with Crippen LogP contribution in [0.2, 0.25) is 0 Å². The van der Waals surface area contributed by atoms with Gasteiger partial charge < -0.3 is 0 Å². The molecule has 5 heteroatoms. The molecular weight excluding hydrogens is 368 g/mol. The summed E-state index contributed by atoms with van der Waals surface area (Å²) < 4.78 is 25.7. The number of hydrogen-bond donors (Lipinski definition) is 1. The second kappa shape index (κ2) is 8.50. The zero-order valence-corrected chi connectivity index (χ0v) is 17.7. The molecular formula is C23H30N2O2S. The Kier molecular flexibility index (Phi) is 6.26. The zero-order valence-electron chi connectivity index (χ0n) is 16.9. The summed E-state index contributed by atoms with van der Waals surface area (Å²) in [6.07, 6.45) is 6.65. The Morgan fingerprint density at radius 2 is 1.93 bits per heavy atom. The maximum absolute atomic E-state index is 11.6. The summed E-state index contributed by atoms with van der Waals surface area (Å²) in [6.45, 7) is 7.60. The number of rotatable bonds is 6. The van der Waals surface area contributed by atoms with E-state index in [1.807, 2.05) is 24.3 Å². The first-order chi connectivity index (χ1) is 13.3. The standard InChI is InChI=1S/C23H30N2O2S/c1-19-18-25(15-8-11-20-9-5-4-6-10-20)16-14-23(19,2)21-12-7-13-22(17-21)24-28(3,26)27/h4-13,17,19,24H,14-16,18H2,1-3H3/b11-8+. The molecule has 0 spiro atoms. The van der Waals surface area contributed by atoms with Gasteiger partial charge in [-0.05, 0) is 47.6 Å². The molecule has 0 bridgehead atoms. The third-order valence-corrected chi connectivity index (χ3v) is 6.47. The third-order valence-electron chi connectivity index (χ3n) is 5.87. The molecule has 1 heterocycles. The number of likely N-dealkylation sites (tertiary alicyclic amines) is 1. The van der Waals surface area contributed by atoms with Gasteiger partial charge in [-0.3, -0.25) is 9.62 Å². The molecule has 0 radical (unpaired) electrons. The van der Waals surface area contributed by atoms with Gasteiger partial charge >= 0.3 is 0 Å². The zero-order chi connectivity index (χ0) is 20.2. The molecule has 0 amide bonds. The van der Waals surface area contributed by atoms with Crippen LogP contribution in [-0.2, 0) is 15.4 Å². The average molecular weight is 399 g/mol. The topological polar surface area (TPSA) is 49.4 Å². The van der Waals surface area contributed by atoms with Gasteiger partial charge in [0, 0.05) is 18.8 Å². The van der Waals surface area contributed by atoms with Crippen molar-refractivity contribution in [2.24, 2.45) is 5.92 Å². The highest BCUT2D eigenvalue weighted by Gasteiger charge is 2.37. The van der Waals surface area contributed by atoms with E-state index < -0.39 is 10.0 Å². The van der Waals surface area contributed by atoms with E-state index in [-0.39, 0.29) is 5.41 Å². The molecule has 3 rings (SSSR count). The first kappa shape index (κ1) is 20.6. The van der Waals surface area contributed by atoms with Crippen LogP contribution in [0.3, 0.4) is 0 Å². The van der Waals surface area contributed by atoms with E-state index >= 15 is 0 Å². The minimum absolute atomic E-state index is 0.0365. The highest BCUT2D eigenvalue weighted by molar-refractivity contribution is 7.92. The molecule has 4 nitrogen and oxygen atoms in total. The van der Waals surface area contributed by atoms with Crippen molar-refractivity contribution < 1.29 is 8.42 Å². The van der Waals surface area contributed by atoms with Crippen molar-refractivity contribution in [2.45, 2.75) is 25.7 Å². The van der Waals surface area contributed by atoms with Crippen LogP contribution in [-0.4, -0.2) is 39.2 Å². The summed E-state index contributed by atoms with van der Waals surface area (Å²) >= 11 is 0. The van der Waals surface area contributed by atoms with E-state index in [0.717, 1.165) is 26.1 Å². The summed E-state index contributed by atoms with van der Waals surface area (Å²) in [4.78, 5) is 2.49. The largest absolute Gasteiger partial charge is 0.299 e. The number of nitrogens with zero attached hydrogens (tertiary/aromatic N) is 1. The van der Waals surface area contributed by atoms with Crippen molar-refractivity contribution in [3.63, 3.8) is 0 Å². The van der Waals surface area contributed by atoms with Gasteiger partial charge in [-0.1, -0.05) is 68.5 Å². The van der Waals surface area contributed by atoms with Gasteiger partial charge in [0.05, 0.1) is 6.26 Å². The number of benzene rings is 2. The summed E-state index contributed by atoms with van der Waals surface area (Å²) in [5.74, 6) is 0.472. The van der Waals surface area contributed by atoms with Crippen LogP contribution in [0, 0.1) is 5.92 Å². The normalized spacial score (nSPS) is 23.8. The summed E-state index contributed by atoms with van der Waals surface area (Å²) in [5, 5.41) is 0. The van der Waals surface area contributed by atoms with E-state index in [1.54, 1.807) is 0 Å². The Morgan fingerprint density at radius 1 is 1.18 bits per heavy atom. The van der Waals surface area contributed by atoms with Gasteiger partial charge in [0.1, 0.15) is 0 Å². The van der Waals surface area contributed by atoms with Crippen LogP contribution in [0.4, 0.5) is 5.69 Å². The average Bonchev–Trinajstić information content (AvgIpc) is 2.64. The van der Waals surface area contributed by atoms with Gasteiger partial charge in [-0.2, -0.15) is 0 Å². The fourth-order valence-electron chi connectivity index (χ4n) is 3.97. The van der Waals surface area contributed by atoms with Crippen LogP contribution < -0.4 is 4.72 Å². The lowest BCUT2D eigenvalue weighted by molar-refractivity contribution is 0.122. The Morgan fingerprint density at radius 3 is 2.61 bits per heavy atom. The minimum Gasteiger partial charge on any atom is -0.299 e. The van der Waals surface area contributed by atoms with Crippen molar-refractivity contribution >= 4 is 21.8 Å². The highest BCUT2D eigenvalue weighted by Crippen LogP contribution is 2.40. The van der Waals surface area contributed by atoms with Crippen molar-refractivity contribution in [3.05, 3.63) is 71.8 Å². The molecule has 28 heavy (non-hydrogen) atoms. The lowest BCUT2D eigenvalue weighted by atomic mass is 9.68. The van der Waals surface area contributed by atoms with Gasteiger partial charge in [0.2, 0.25) is 10.0 Å². The Hall–Kier alpha value is -2.11. The van der Waals surface area contributed by atoms with Gasteiger partial charge in [0.25, 0.3) is 0 Å². The van der Waals surface area contributed by atoms with Gasteiger partial charge in [-0.15, -0.1) is 0 Å². The van der Waals surface area contributed by atoms with Gasteiger partial charge in [-0.25, -0.2) is 8.42 Å². The van der Waals surface area contributed by atoms with Crippen LogP contribution in [0.1, 0.15) is 31.4 Å². The SMILES string of the molecule is CC1CN(C/C=C/c2ccccc2)CCC1(C)c1cccc(NS(C)(=O)=O)c1. The maximum Gasteiger partial charge on any atom is 0.229 e. The summed E-state index contributed by atoms with van der Waals surface area (Å²) in [6, 6.07) is 18.2. The first-order valence-corrected chi connectivity index (χ1v) is 11.7. The predicted molar refractivity (Wildman–Crippen MR) is 118 cm³/mol. The quantitative estimate of drug-likeness (QED) is 0.786. The van der Waals surface area contributed by atoms with E-state index in [9.17, 15) is 8.42 Å². The molecule has 1 aliphatic rings. The first-order valence-electron chi connectivity index (χ1n) is 9.78. The molecule has 1 saturated heterocycles. The second-order valence-corrected chi connectivity index (χ2v) is 9.84. The molecule has 1 aliphatic heterocycles. The molecule has 150 valence electrons.